The molecule has 3 heterocycles. The molecule has 0 saturated carbocycles. The van der Waals surface area contributed by atoms with Crippen LogP contribution >= 0.6 is 0 Å². The molecule has 0 aliphatic carbocycles. The zero-order valence-corrected chi connectivity index (χ0v) is 18.8. The van der Waals surface area contributed by atoms with Crippen LogP contribution in [0.2, 0.25) is 0 Å². The van der Waals surface area contributed by atoms with E-state index in [4.69, 9.17) is 0 Å². The van der Waals surface area contributed by atoms with E-state index in [2.05, 4.69) is 35.8 Å². The first-order chi connectivity index (χ1) is 16.4. The van der Waals surface area contributed by atoms with Crippen LogP contribution in [0.5, 0.6) is 0 Å². The Balaban J connectivity index is 1.39. The number of pyridine rings is 1. The second kappa shape index (κ2) is 10.4. The summed E-state index contributed by atoms with van der Waals surface area (Å²) in [5, 5.41) is 8.49. The van der Waals surface area contributed by atoms with E-state index < -0.39 is 23.2 Å². The summed E-state index contributed by atoms with van der Waals surface area (Å²) in [7, 11) is 1.60. The van der Waals surface area contributed by atoms with E-state index in [1.54, 1.807) is 7.05 Å². The normalized spacial score (nSPS) is 14.1. The van der Waals surface area contributed by atoms with Crippen LogP contribution in [0.15, 0.2) is 35.4 Å². The maximum atomic E-state index is 13.9. The molecule has 1 saturated heterocycles. The Labute approximate surface area is 195 Å². The first-order valence-electron chi connectivity index (χ1n) is 11.1. The van der Waals surface area contributed by atoms with Gasteiger partial charge in [-0.3, -0.25) is 14.4 Å². The lowest BCUT2D eigenvalue weighted by molar-refractivity contribution is 0.0935. The van der Waals surface area contributed by atoms with Crippen molar-refractivity contribution in [3.8, 4) is 0 Å². The van der Waals surface area contributed by atoms with Crippen LogP contribution in [0.1, 0.15) is 40.2 Å². The maximum Gasteiger partial charge on any atom is 0.289 e. The number of H-pyrrole nitrogens is 1. The third kappa shape index (κ3) is 5.37. The van der Waals surface area contributed by atoms with Crippen molar-refractivity contribution in [2.24, 2.45) is 0 Å². The van der Waals surface area contributed by atoms with Gasteiger partial charge in [0.25, 0.3) is 17.4 Å². The Kier molecular flexibility index (Phi) is 7.12. The molecular formula is C23H26FN7O3. The number of likely N-dealkylation sites (tertiary alicyclic amines) is 1. The molecule has 1 aromatic carbocycles. The SMILES string of the molecule is CNc1cc(F)cc2cc(C(=O)Nc3cnc(C(=O)NCCN4CCCCC4)nc3)c(=O)[nH]c12. The smallest absolute Gasteiger partial charge is 0.289 e. The molecule has 4 rings (SSSR count). The number of amides is 2. The summed E-state index contributed by atoms with van der Waals surface area (Å²) in [5.74, 6) is -1.63. The van der Waals surface area contributed by atoms with Crippen molar-refractivity contribution in [1.82, 2.24) is 25.2 Å². The molecule has 4 N–H and O–H groups in total. The third-order valence-corrected chi connectivity index (χ3v) is 5.71. The fourth-order valence-corrected chi connectivity index (χ4v) is 3.95. The molecule has 0 unspecified atom stereocenters. The first kappa shape index (κ1) is 23.3. The zero-order valence-electron chi connectivity index (χ0n) is 18.8. The summed E-state index contributed by atoms with van der Waals surface area (Å²) in [5.41, 5.74) is 0.185. The van der Waals surface area contributed by atoms with Gasteiger partial charge in [0.05, 0.1) is 29.3 Å². The highest BCUT2D eigenvalue weighted by molar-refractivity contribution is 6.06. The molecule has 0 radical (unpaired) electrons. The summed E-state index contributed by atoms with van der Waals surface area (Å²) in [6, 6.07) is 3.80. The van der Waals surface area contributed by atoms with Crippen molar-refractivity contribution >= 4 is 34.1 Å². The molecule has 1 aliphatic heterocycles. The van der Waals surface area contributed by atoms with Crippen molar-refractivity contribution in [3.05, 3.63) is 58.2 Å². The lowest BCUT2D eigenvalue weighted by Gasteiger charge is -2.26. The largest absolute Gasteiger partial charge is 0.386 e. The van der Waals surface area contributed by atoms with Gasteiger partial charge < -0.3 is 25.8 Å². The standard InChI is InChI=1S/C23H26FN7O3/c1-25-18-11-15(24)9-14-10-17(22(33)30-19(14)18)21(32)29-16-12-27-20(28-13-16)23(34)26-5-8-31-6-3-2-4-7-31/h9-13,25H,2-8H2,1H3,(H,26,34)(H,29,32)(H,30,33). The second-order valence-corrected chi connectivity index (χ2v) is 8.09. The van der Waals surface area contributed by atoms with E-state index in [9.17, 15) is 18.8 Å². The van der Waals surface area contributed by atoms with Gasteiger partial charge in [-0.05, 0) is 44.1 Å². The molecule has 0 bridgehead atoms. The van der Waals surface area contributed by atoms with Crippen molar-refractivity contribution in [2.75, 3.05) is 43.9 Å². The minimum atomic E-state index is -0.708. The topological polar surface area (TPSA) is 132 Å². The monoisotopic (exact) mass is 467 g/mol. The quantitative estimate of drug-likeness (QED) is 0.418. The van der Waals surface area contributed by atoms with Gasteiger partial charge in [-0.15, -0.1) is 0 Å². The van der Waals surface area contributed by atoms with E-state index in [1.807, 2.05) is 0 Å². The molecule has 34 heavy (non-hydrogen) atoms. The van der Waals surface area contributed by atoms with Gasteiger partial charge in [0.15, 0.2) is 0 Å². The van der Waals surface area contributed by atoms with Gasteiger partial charge in [0.2, 0.25) is 5.82 Å². The average molecular weight is 468 g/mol. The number of carbonyl (C=O) groups is 2. The predicted octanol–water partition coefficient (Wildman–Crippen LogP) is 1.97. The van der Waals surface area contributed by atoms with Gasteiger partial charge in [-0.1, -0.05) is 6.42 Å². The summed E-state index contributed by atoms with van der Waals surface area (Å²) in [6.45, 7) is 3.37. The summed E-state index contributed by atoms with van der Waals surface area (Å²) in [4.78, 5) is 50.3. The molecule has 3 aromatic rings. The van der Waals surface area contributed by atoms with Gasteiger partial charge >= 0.3 is 0 Å². The Morgan fingerprint density at radius 1 is 1.09 bits per heavy atom. The number of aromatic nitrogens is 3. The van der Waals surface area contributed by atoms with Crippen molar-refractivity contribution in [2.45, 2.75) is 19.3 Å². The number of carbonyl (C=O) groups excluding carboxylic acids is 2. The lowest BCUT2D eigenvalue weighted by atomic mass is 10.1. The van der Waals surface area contributed by atoms with Crippen LogP contribution in [-0.2, 0) is 0 Å². The van der Waals surface area contributed by atoms with E-state index in [-0.39, 0.29) is 17.1 Å². The fraction of sp³-hybridized carbons (Fsp3) is 0.348. The molecule has 178 valence electrons. The molecule has 2 aromatic heterocycles. The second-order valence-electron chi connectivity index (χ2n) is 8.09. The maximum absolute atomic E-state index is 13.9. The molecular weight excluding hydrogens is 441 g/mol. The summed E-state index contributed by atoms with van der Waals surface area (Å²) >= 11 is 0. The van der Waals surface area contributed by atoms with Crippen LogP contribution in [0.25, 0.3) is 10.9 Å². The number of rotatable bonds is 7. The van der Waals surface area contributed by atoms with Crippen molar-refractivity contribution in [3.63, 3.8) is 0 Å². The molecule has 0 spiro atoms. The third-order valence-electron chi connectivity index (χ3n) is 5.71. The van der Waals surface area contributed by atoms with E-state index in [0.29, 0.717) is 23.1 Å². The number of hydrogen-bond donors (Lipinski definition) is 4. The Hall–Kier alpha value is -3.86. The van der Waals surface area contributed by atoms with Crippen LogP contribution in [0, 0.1) is 5.82 Å². The molecule has 1 aliphatic rings. The zero-order chi connectivity index (χ0) is 24.1. The van der Waals surface area contributed by atoms with Crippen molar-refractivity contribution in [1.29, 1.82) is 0 Å². The van der Waals surface area contributed by atoms with Crippen LogP contribution < -0.4 is 21.5 Å². The van der Waals surface area contributed by atoms with Crippen LogP contribution in [-0.4, -0.2) is 64.9 Å². The Bertz CT molecular complexity index is 1250. The number of anilines is 2. The first-order valence-corrected chi connectivity index (χ1v) is 11.1. The molecule has 0 atom stereocenters. The van der Waals surface area contributed by atoms with Crippen LogP contribution in [0.4, 0.5) is 15.8 Å². The highest BCUT2D eigenvalue weighted by Gasteiger charge is 2.16. The molecule has 10 nitrogen and oxygen atoms in total. The number of benzene rings is 1. The van der Waals surface area contributed by atoms with E-state index in [1.165, 1.54) is 49.9 Å². The number of aromatic amines is 1. The lowest BCUT2D eigenvalue weighted by Crippen LogP contribution is -2.38. The Morgan fingerprint density at radius 2 is 1.82 bits per heavy atom. The average Bonchev–Trinajstić information content (AvgIpc) is 2.84. The number of nitrogens with one attached hydrogen (secondary N) is 4. The number of fused-ring (bicyclic) bond motifs is 1. The fourth-order valence-electron chi connectivity index (χ4n) is 3.95. The van der Waals surface area contributed by atoms with E-state index >= 15 is 0 Å². The van der Waals surface area contributed by atoms with Crippen molar-refractivity contribution < 1.29 is 14.0 Å². The van der Waals surface area contributed by atoms with Crippen LogP contribution in [0.3, 0.4) is 0 Å². The summed E-state index contributed by atoms with van der Waals surface area (Å²) in [6.07, 6.45) is 6.20. The summed E-state index contributed by atoms with van der Waals surface area (Å²) < 4.78 is 13.9. The minimum absolute atomic E-state index is 0.0183. The highest BCUT2D eigenvalue weighted by Crippen LogP contribution is 2.22. The van der Waals surface area contributed by atoms with E-state index in [0.717, 1.165) is 19.6 Å². The van der Waals surface area contributed by atoms with Gasteiger partial charge in [0.1, 0.15) is 11.4 Å². The molecule has 1 fully saturated rings. The Morgan fingerprint density at radius 3 is 2.53 bits per heavy atom. The highest BCUT2D eigenvalue weighted by atomic mass is 19.1. The van der Waals surface area contributed by atoms with Gasteiger partial charge in [-0.2, -0.15) is 0 Å². The minimum Gasteiger partial charge on any atom is -0.386 e. The molecule has 11 heteroatoms. The number of nitrogens with zero attached hydrogens (tertiary/aromatic N) is 3. The van der Waals surface area contributed by atoms with Gasteiger partial charge in [-0.25, -0.2) is 14.4 Å². The predicted molar refractivity (Wildman–Crippen MR) is 127 cm³/mol. The number of piperidine rings is 1. The van der Waals surface area contributed by atoms with Gasteiger partial charge in [0, 0.05) is 25.5 Å². The number of halogens is 1. The number of hydrogen-bond acceptors (Lipinski definition) is 7. The molecule has 2 amide bonds.